The number of hydrogen-bond donors (Lipinski definition) is 1. The van der Waals surface area contributed by atoms with E-state index in [0.29, 0.717) is 12.3 Å². The Balaban J connectivity index is 1.81. The van der Waals surface area contributed by atoms with E-state index in [1.54, 1.807) is 17.8 Å². The van der Waals surface area contributed by atoms with Crippen LogP contribution in [-0.4, -0.2) is 20.7 Å². The van der Waals surface area contributed by atoms with Crippen molar-refractivity contribution in [3.05, 3.63) is 66.0 Å². The number of rotatable bonds is 7. The second-order valence-electron chi connectivity index (χ2n) is 4.41. The first-order valence-corrected chi connectivity index (χ1v) is 9.09. The zero-order valence-electron chi connectivity index (χ0n) is 11.3. The molecule has 0 saturated carbocycles. The Morgan fingerprint density at radius 3 is 2.38 bits per heavy atom. The van der Waals surface area contributed by atoms with Gasteiger partial charge in [-0.2, -0.15) is 0 Å². The van der Waals surface area contributed by atoms with E-state index >= 15 is 0 Å². The van der Waals surface area contributed by atoms with Gasteiger partial charge in [0, 0.05) is 22.8 Å². The van der Waals surface area contributed by atoms with E-state index in [9.17, 15) is 12.8 Å². The lowest BCUT2D eigenvalue weighted by Crippen LogP contribution is -2.27. The van der Waals surface area contributed by atoms with E-state index in [4.69, 9.17) is 0 Å². The van der Waals surface area contributed by atoms with Gasteiger partial charge in [-0.3, -0.25) is 0 Å². The summed E-state index contributed by atoms with van der Waals surface area (Å²) in [6, 6.07) is 15.6. The van der Waals surface area contributed by atoms with Crippen LogP contribution in [0.25, 0.3) is 0 Å². The Morgan fingerprint density at radius 2 is 1.67 bits per heavy atom. The topological polar surface area (TPSA) is 46.2 Å². The number of benzene rings is 2. The van der Waals surface area contributed by atoms with Gasteiger partial charge >= 0.3 is 0 Å². The van der Waals surface area contributed by atoms with Gasteiger partial charge in [-0.1, -0.05) is 36.4 Å². The first kappa shape index (κ1) is 16.0. The van der Waals surface area contributed by atoms with Crippen LogP contribution in [0.5, 0.6) is 0 Å². The summed E-state index contributed by atoms with van der Waals surface area (Å²) in [7, 11) is -3.51. The molecule has 0 atom stereocenters. The van der Waals surface area contributed by atoms with Crippen molar-refractivity contribution < 1.29 is 12.8 Å². The Kier molecular flexibility index (Phi) is 5.78. The molecule has 0 unspecified atom stereocenters. The number of sulfonamides is 1. The smallest absolute Gasteiger partial charge is 0.214 e. The van der Waals surface area contributed by atoms with E-state index in [1.165, 1.54) is 18.2 Å². The van der Waals surface area contributed by atoms with Gasteiger partial charge in [-0.05, 0) is 18.2 Å². The zero-order chi connectivity index (χ0) is 15.1. The van der Waals surface area contributed by atoms with E-state index in [0.717, 1.165) is 4.90 Å². The molecule has 0 amide bonds. The second-order valence-corrected chi connectivity index (χ2v) is 7.38. The average molecular weight is 325 g/mol. The molecule has 0 aromatic heterocycles. The first-order valence-electron chi connectivity index (χ1n) is 6.45. The molecule has 0 aliphatic rings. The van der Waals surface area contributed by atoms with Crippen LogP contribution in [0, 0.1) is 5.82 Å². The molecule has 0 aliphatic heterocycles. The lowest BCUT2D eigenvalue weighted by atomic mass is 10.2. The van der Waals surface area contributed by atoms with Crippen LogP contribution in [0.1, 0.15) is 5.56 Å². The molecule has 0 spiro atoms. The molecule has 0 aliphatic carbocycles. The molecule has 0 radical (unpaired) electrons. The van der Waals surface area contributed by atoms with Crippen LogP contribution in [0.2, 0.25) is 0 Å². The third-order valence-corrected chi connectivity index (χ3v) is 5.09. The maximum absolute atomic E-state index is 13.4. The Labute approximate surface area is 128 Å². The fourth-order valence-corrected chi connectivity index (χ4v) is 3.83. The summed E-state index contributed by atoms with van der Waals surface area (Å²) in [6.07, 6.45) is 0. The van der Waals surface area contributed by atoms with E-state index < -0.39 is 15.8 Å². The van der Waals surface area contributed by atoms with Crippen LogP contribution in [-0.2, 0) is 15.8 Å². The third kappa shape index (κ3) is 5.49. The first-order chi connectivity index (χ1) is 10.1. The minimum absolute atomic E-state index is 0.181. The van der Waals surface area contributed by atoms with Crippen molar-refractivity contribution in [1.82, 2.24) is 4.72 Å². The van der Waals surface area contributed by atoms with Crippen LogP contribution in [0.4, 0.5) is 4.39 Å². The molecule has 0 bridgehead atoms. The molecule has 2 aromatic rings. The maximum Gasteiger partial charge on any atom is 0.215 e. The van der Waals surface area contributed by atoms with E-state index in [2.05, 4.69) is 4.72 Å². The summed E-state index contributed by atoms with van der Waals surface area (Å²) in [5, 5.41) is 0. The Morgan fingerprint density at radius 1 is 1.00 bits per heavy atom. The Bertz CT molecular complexity index is 675. The predicted octanol–water partition coefficient (Wildman–Crippen LogP) is 3.04. The van der Waals surface area contributed by atoms with Crippen molar-refractivity contribution in [2.75, 3.05) is 12.3 Å². The lowest BCUT2D eigenvalue weighted by molar-refractivity contribution is 0.577. The summed E-state index contributed by atoms with van der Waals surface area (Å²) in [4.78, 5) is 1.09. The fraction of sp³-hybridized carbons (Fsp3) is 0.200. The predicted molar refractivity (Wildman–Crippen MR) is 84.2 cm³/mol. The van der Waals surface area contributed by atoms with Crippen molar-refractivity contribution in [3.63, 3.8) is 0 Å². The van der Waals surface area contributed by atoms with Gasteiger partial charge in [0.15, 0.2) is 0 Å². The molecule has 6 heteroatoms. The van der Waals surface area contributed by atoms with Crippen LogP contribution >= 0.6 is 11.8 Å². The molecule has 0 saturated heterocycles. The normalized spacial score (nSPS) is 11.5. The van der Waals surface area contributed by atoms with Crippen molar-refractivity contribution in [2.45, 2.75) is 10.6 Å². The highest BCUT2D eigenvalue weighted by atomic mass is 32.2. The standard InChI is InChI=1S/C15H16FNO2S2/c16-15-9-5-4-6-13(15)12-21(18,19)17-10-11-20-14-7-2-1-3-8-14/h1-9,17H,10-12H2. The summed E-state index contributed by atoms with van der Waals surface area (Å²) in [5.41, 5.74) is 0.181. The molecular formula is C15H16FNO2S2. The highest BCUT2D eigenvalue weighted by molar-refractivity contribution is 7.99. The van der Waals surface area contributed by atoms with Crippen molar-refractivity contribution in [2.24, 2.45) is 0 Å². The van der Waals surface area contributed by atoms with E-state index in [1.807, 2.05) is 30.3 Å². The molecule has 2 aromatic carbocycles. The molecular weight excluding hydrogens is 309 g/mol. The molecule has 0 fully saturated rings. The quantitative estimate of drug-likeness (QED) is 0.629. The Hall–Kier alpha value is -1.37. The molecule has 0 heterocycles. The van der Waals surface area contributed by atoms with E-state index in [-0.39, 0.29) is 11.3 Å². The van der Waals surface area contributed by atoms with Crippen LogP contribution in [0.3, 0.4) is 0 Å². The van der Waals surface area contributed by atoms with Crippen LogP contribution in [0.15, 0.2) is 59.5 Å². The number of halogens is 1. The van der Waals surface area contributed by atoms with Crippen molar-refractivity contribution >= 4 is 21.8 Å². The largest absolute Gasteiger partial charge is 0.215 e. The van der Waals surface area contributed by atoms with Crippen LogP contribution < -0.4 is 4.72 Å². The lowest BCUT2D eigenvalue weighted by Gasteiger charge is -2.07. The fourth-order valence-electron chi connectivity index (χ4n) is 1.75. The molecule has 1 N–H and O–H groups in total. The highest BCUT2D eigenvalue weighted by Gasteiger charge is 2.13. The summed E-state index contributed by atoms with van der Waals surface area (Å²) < 4.78 is 39.7. The molecule has 2 rings (SSSR count). The van der Waals surface area contributed by atoms with Gasteiger partial charge in [0.1, 0.15) is 5.82 Å². The maximum atomic E-state index is 13.4. The number of thioether (sulfide) groups is 1. The van der Waals surface area contributed by atoms with Gasteiger partial charge in [0.25, 0.3) is 0 Å². The van der Waals surface area contributed by atoms with Gasteiger partial charge in [0.2, 0.25) is 10.0 Å². The minimum Gasteiger partial charge on any atom is -0.214 e. The number of nitrogens with one attached hydrogen (secondary N) is 1. The monoisotopic (exact) mass is 325 g/mol. The number of hydrogen-bond acceptors (Lipinski definition) is 3. The van der Waals surface area contributed by atoms with Crippen molar-refractivity contribution in [3.8, 4) is 0 Å². The molecule has 112 valence electrons. The van der Waals surface area contributed by atoms with Crippen molar-refractivity contribution in [1.29, 1.82) is 0 Å². The molecule has 21 heavy (non-hydrogen) atoms. The zero-order valence-corrected chi connectivity index (χ0v) is 13.0. The summed E-state index contributed by atoms with van der Waals surface area (Å²) in [5.74, 6) is -0.211. The van der Waals surface area contributed by atoms with Gasteiger partial charge < -0.3 is 0 Å². The third-order valence-electron chi connectivity index (χ3n) is 2.74. The second kappa shape index (κ2) is 7.59. The minimum atomic E-state index is -3.51. The highest BCUT2D eigenvalue weighted by Crippen LogP contribution is 2.16. The van der Waals surface area contributed by atoms with Gasteiger partial charge in [0.05, 0.1) is 5.75 Å². The average Bonchev–Trinajstić information content (AvgIpc) is 2.47. The summed E-state index contributed by atoms with van der Waals surface area (Å²) >= 11 is 1.57. The SMILES string of the molecule is O=S(=O)(Cc1ccccc1F)NCCSc1ccccc1. The summed E-state index contributed by atoms with van der Waals surface area (Å²) in [6.45, 7) is 0.316. The van der Waals surface area contributed by atoms with Gasteiger partial charge in [-0.15, -0.1) is 11.8 Å². The molecule has 3 nitrogen and oxygen atoms in total. The van der Waals surface area contributed by atoms with Gasteiger partial charge in [-0.25, -0.2) is 17.5 Å².